The van der Waals surface area contributed by atoms with Crippen LogP contribution in [0.15, 0.2) is 60.8 Å². The van der Waals surface area contributed by atoms with Crippen LogP contribution < -0.4 is 20.7 Å². The summed E-state index contributed by atoms with van der Waals surface area (Å²) in [6.07, 6.45) is 4.81. The van der Waals surface area contributed by atoms with Crippen molar-refractivity contribution in [3.05, 3.63) is 71.9 Å². The van der Waals surface area contributed by atoms with Crippen molar-refractivity contribution in [1.29, 1.82) is 0 Å². The van der Waals surface area contributed by atoms with Crippen LogP contribution in [-0.2, 0) is 25.6 Å². The van der Waals surface area contributed by atoms with E-state index in [9.17, 15) is 19.2 Å². The van der Waals surface area contributed by atoms with Gasteiger partial charge in [-0.25, -0.2) is 0 Å². The quantitative estimate of drug-likeness (QED) is 0.370. The minimum atomic E-state index is -1.01. The maximum absolute atomic E-state index is 14.5. The van der Waals surface area contributed by atoms with E-state index in [1.54, 1.807) is 12.3 Å². The lowest BCUT2D eigenvalue weighted by atomic mass is 9.96. The molecule has 0 radical (unpaired) electrons. The predicted octanol–water partition coefficient (Wildman–Crippen LogP) is 3.37. The molecule has 0 aliphatic carbocycles. The molecule has 2 bridgehead atoms. The zero-order chi connectivity index (χ0) is 33.4. The van der Waals surface area contributed by atoms with Crippen LogP contribution in [0.5, 0.6) is 5.75 Å². The molecule has 0 aromatic heterocycles. The fourth-order valence-corrected chi connectivity index (χ4v) is 6.26. The number of fused-ring (bicyclic) bond motifs is 7. The summed E-state index contributed by atoms with van der Waals surface area (Å²) in [4.78, 5) is 59.1. The Morgan fingerprint density at radius 2 is 1.70 bits per heavy atom. The molecule has 46 heavy (non-hydrogen) atoms. The summed E-state index contributed by atoms with van der Waals surface area (Å²) in [6, 6.07) is 13.7. The summed E-state index contributed by atoms with van der Waals surface area (Å²) in [5.74, 6) is -0.944. The lowest BCUT2D eigenvalue weighted by molar-refractivity contribution is -0.144. The van der Waals surface area contributed by atoms with E-state index in [1.165, 1.54) is 4.90 Å². The molecule has 0 saturated carbocycles. The van der Waals surface area contributed by atoms with Crippen LogP contribution in [0.3, 0.4) is 0 Å². The second-order valence-electron chi connectivity index (χ2n) is 12.7. The molecular weight excluding hydrogens is 582 g/mol. The second kappa shape index (κ2) is 15.9. The normalized spacial score (nSPS) is 23.2. The average Bonchev–Trinajstić information content (AvgIpc) is 3.46. The van der Waals surface area contributed by atoms with E-state index in [0.29, 0.717) is 18.6 Å². The SMILES string of the molecule is CC[C@@H](C)[C@@H](C(=O)N[C@@H](Cc1ccccc1)C(=O)N1CC[C@@H]2Oc3ccc(cc3)/C=C\NC(=O)[C@H]([C@@H](C)CC)NC(=O)[C@H]21)N(C)C. The van der Waals surface area contributed by atoms with Gasteiger partial charge in [0, 0.05) is 25.6 Å². The molecule has 10 heteroatoms. The molecule has 7 atom stereocenters. The van der Waals surface area contributed by atoms with Crippen molar-refractivity contribution in [2.24, 2.45) is 11.8 Å². The first-order valence-corrected chi connectivity index (χ1v) is 16.4. The fourth-order valence-electron chi connectivity index (χ4n) is 6.26. The van der Waals surface area contributed by atoms with E-state index in [4.69, 9.17) is 4.74 Å². The second-order valence-corrected chi connectivity index (χ2v) is 12.7. The molecule has 248 valence electrons. The van der Waals surface area contributed by atoms with Crippen LogP contribution in [0.1, 0.15) is 58.1 Å². The number of amides is 4. The molecule has 4 amide bonds. The number of ether oxygens (including phenoxy) is 1. The van der Waals surface area contributed by atoms with Gasteiger partial charge in [-0.1, -0.05) is 83.0 Å². The Balaban J connectivity index is 1.70. The summed E-state index contributed by atoms with van der Waals surface area (Å²) in [5, 5.41) is 8.81. The highest BCUT2D eigenvalue weighted by atomic mass is 16.5. The molecule has 2 aromatic carbocycles. The largest absolute Gasteiger partial charge is 0.488 e. The van der Waals surface area contributed by atoms with E-state index in [1.807, 2.05) is 101 Å². The summed E-state index contributed by atoms with van der Waals surface area (Å²) >= 11 is 0. The number of hydrogen-bond acceptors (Lipinski definition) is 6. The van der Waals surface area contributed by atoms with Crippen molar-refractivity contribution in [2.75, 3.05) is 20.6 Å². The van der Waals surface area contributed by atoms with Crippen molar-refractivity contribution < 1.29 is 23.9 Å². The van der Waals surface area contributed by atoms with Crippen molar-refractivity contribution in [2.45, 2.75) is 83.6 Å². The molecule has 1 fully saturated rings. The fraction of sp³-hybridized carbons (Fsp3) is 0.500. The Morgan fingerprint density at radius 1 is 1.00 bits per heavy atom. The predicted molar refractivity (Wildman–Crippen MR) is 179 cm³/mol. The molecule has 3 aliphatic rings. The van der Waals surface area contributed by atoms with Gasteiger partial charge in [-0.3, -0.25) is 24.1 Å². The number of nitrogens with zero attached hydrogens (tertiary/aromatic N) is 2. The van der Waals surface area contributed by atoms with Gasteiger partial charge in [0.25, 0.3) is 0 Å². The first-order chi connectivity index (χ1) is 22.0. The van der Waals surface area contributed by atoms with Gasteiger partial charge in [-0.2, -0.15) is 0 Å². The molecule has 0 spiro atoms. The third-order valence-electron chi connectivity index (χ3n) is 9.26. The first-order valence-electron chi connectivity index (χ1n) is 16.4. The van der Waals surface area contributed by atoms with E-state index in [0.717, 1.165) is 17.5 Å². The zero-order valence-electron chi connectivity index (χ0n) is 27.9. The number of hydrogen-bond donors (Lipinski definition) is 3. The smallest absolute Gasteiger partial charge is 0.247 e. The summed E-state index contributed by atoms with van der Waals surface area (Å²) in [7, 11) is 3.72. The average molecular weight is 632 g/mol. The zero-order valence-corrected chi connectivity index (χ0v) is 27.9. The third-order valence-corrected chi connectivity index (χ3v) is 9.26. The maximum Gasteiger partial charge on any atom is 0.247 e. The summed E-state index contributed by atoms with van der Waals surface area (Å²) in [5.41, 5.74) is 1.76. The Bertz CT molecular complexity index is 1380. The molecular formula is C36H49N5O5. The van der Waals surface area contributed by atoms with Gasteiger partial charge in [-0.05, 0) is 55.3 Å². The monoisotopic (exact) mass is 631 g/mol. The highest BCUT2D eigenvalue weighted by molar-refractivity contribution is 5.96. The minimum absolute atomic E-state index is 0.0577. The molecule has 2 aromatic rings. The van der Waals surface area contributed by atoms with Gasteiger partial charge in [0.1, 0.15) is 30.0 Å². The number of likely N-dealkylation sites (N-methyl/N-ethyl adjacent to an activating group) is 1. The molecule has 5 rings (SSSR count). The Hall–Kier alpha value is -4.18. The van der Waals surface area contributed by atoms with Gasteiger partial charge >= 0.3 is 0 Å². The van der Waals surface area contributed by atoms with E-state index in [-0.39, 0.29) is 42.5 Å². The highest BCUT2D eigenvalue weighted by Crippen LogP contribution is 2.27. The van der Waals surface area contributed by atoms with Crippen LogP contribution >= 0.6 is 0 Å². The Labute approximate surface area is 272 Å². The standard InChI is InChI=1S/C36H49N5O5/c1-7-23(3)30-33(42)37-20-18-25-14-16-27(17-15-25)46-29-19-21-41(32(29)35(44)39-30)36(45)28(22-26-12-10-9-11-13-26)38-34(43)31(40(5)6)24(4)8-2/h9-18,20,23-24,28-32H,7-8,19,21-22H2,1-6H3,(H,37,42)(H,38,43)(H,39,44)/b20-18-/t23-,24+,28-,29-,30-,31-,32-/m0/s1. The Morgan fingerprint density at radius 3 is 2.33 bits per heavy atom. The van der Waals surface area contributed by atoms with Crippen LogP contribution in [-0.4, -0.2) is 84.3 Å². The minimum Gasteiger partial charge on any atom is -0.488 e. The number of nitrogens with one attached hydrogen (secondary N) is 3. The number of carbonyl (C=O) groups excluding carboxylic acids is 4. The molecule has 3 heterocycles. The van der Waals surface area contributed by atoms with Crippen LogP contribution in [0.4, 0.5) is 0 Å². The van der Waals surface area contributed by atoms with Crippen LogP contribution in [0, 0.1) is 11.8 Å². The molecule has 3 N–H and O–H groups in total. The highest BCUT2D eigenvalue weighted by Gasteiger charge is 2.46. The molecule has 3 aliphatic heterocycles. The Kier molecular flexibility index (Phi) is 12.0. The summed E-state index contributed by atoms with van der Waals surface area (Å²) in [6.45, 7) is 8.18. The number of carbonyl (C=O) groups is 4. The van der Waals surface area contributed by atoms with Gasteiger partial charge in [0.2, 0.25) is 23.6 Å². The van der Waals surface area contributed by atoms with Gasteiger partial charge < -0.3 is 25.6 Å². The van der Waals surface area contributed by atoms with Gasteiger partial charge in [-0.15, -0.1) is 0 Å². The van der Waals surface area contributed by atoms with E-state index < -0.39 is 36.2 Å². The van der Waals surface area contributed by atoms with Crippen LogP contribution in [0.25, 0.3) is 6.08 Å². The van der Waals surface area contributed by atoms with Crippen molar-refractivity contribution in [1.82, 2.24) is 25.8 Å². The lowest BCUT2D eigenvalue weighted by Crippen LogP contribution is -2.61. The van der Waals surface area contributed by atoms with E-state index >= 15 is 0 Å². The van der Waals surface area contributed by atoms with Gasteiger partial charge in [0.15, 0.2) is 0 Å². The number of rotatable bonds is 10. The first kappa shape index (κ1) is 34.7. The van der Waals surface area contributed by atoms with E-state index in [2.05, 4.69) is 16.0 Å². The number of likely N-dealkylation sites (tertiary alicyclic amines) is 1. The van der Waals surface area contributed by atoms with Gasteiger partial charge in [0.05, 0.1) is 6.04 Å². The molecule has 0 unspecified atom stereocenters. The summed E-state index contributed by atoms with van der Waals surface area (Å²) < 4.78 is 6.36. The van der Waals surface area contributed by atoms with Crippen LogP contribution in [0.2, 0.25) is 0 Å². The lowest BCUT2D eigenvalue weighted by Gasteiger charge is -2.34. The van der Waals surface area contributed by atoms with Crippen molar-refractivity contribution in [3.8, 4) is 5.75 Å². The molecule has 1 saturated heterocycles. The maximum atomic E-state index is 14.5. The third kappa shape index (κ3) is 8.34. The molecule has 10 nitrogen and oxygen atoms in total. The van der Waals surface area contributed by atoms with Crippen molar-refractivity contribution in [3.63, 3.8) is 0 Å². The van der Waals surface area contributed by atoms with Crippen molar-refractivity contribution >= 4 is 29.7 Å². The topological polar surface area (TPSA) is 120 Å². The number of benzene rings is 2.